The van der Waals surface area contributed by atoms with Crippen molar-refractivity contribution in [3.8, 4) is 0 Å². The topological polar surface area (TPSA) is 95.9 Å². The number of carbonyl (C=O) groups is 2. The number of halogens is 1. The van der Waals surface area contributed by atoms with Gasteiger partial charge in [-0.1, -0.05) is 0 Å². The molecule has 0 radical (unpaired) electrons. The summed E-state index contributed by atoms with van der Waals surface area (Å²) in [6, 6.07) is 3.46. The molecule has 2 N–H and O–H groups in total. The molecule has 1 aliphatic rings. The molecule has 1 saturated heterocycles. The minimum absolute atomic E-state index is 0. The lowest BCUT2D eigenvalue weighted by molar-refractivity contribution is -0.149. The zero-order chi connectivity index (χ0) is 18.8. The summed E-state index contributed by atoms with van der Waals surface area (Å²) in [5.41, 5.74) is 0.540. The van der Waals surface area contributed by atoms with Crippen molar-refractivity contribution < 1.29 is 14.3 Å². The number of nitrogens with zero attached hydrogens (tertiary/aromatic N) is 3. The first-order valence-corrected chi connectivity index (χ1v) is 8.96. The quantitative estimate of drug-likeness (QED) is 0.206. The Kier molecular flexibility index (Phi) is 10.7. The largest absolute Gasteiger partial charge is 0.466 e. The van der Waals surface area contributed by atoms with E-state index in [1.165, 1.54) is 6.20 Å². The van der Waals surface area contributed by atoms with Gasteiger partial charge in [0.05, 0.1) is 18.1 Å². The van der Waals surface area contributed by atoms with Gasteiger partial charge in [0.15, 0.2) is 5.96 Å². The standard InChI is InChI=1S/C18H27N5O3.HI/c1-3-26-17(25)14-6-11-23(12-7-14)18(19-2)22-10-9-21-16(24)15-5-4-8-20-13-15;/h4-5,8,13-14H,3,6-7,9-12H2,1-2H3,(H,19,22)(H,21,24);1H. The van der Waals surface area contributed by atoms with Crippen LogP contribution in [-0.4, -0.2) is 67.6 Å². The summed E-state index contributed by atoms with van der Waals surface area (Å²) in [6.07, 6.45) is 4.69. The molecule has 1 fully saturated rings. The molecule has 2 heterocycles. The predicted molar refractivity (Wildman–Crippen MR) is 114 cm³/mol. The number of pyridine rings is 1. The van der Waals surface area contributed by atoms with Gasteiger partial charge in [0, 0.05) is 45.6 Å². The summed E-state index contributed by atoms with van der Waals surface area (Å²) in [6.45, 7) is 4.80. The van der Waals surface area contributed by atoms with Crippen LogP contribution >= 0.6 is 24.0 Å². The number of piperidine rings is 1. The number of hydrogen-bond donors (Lipinski definition) is 2. The molecule has 0 bridgehead atoms. The third-order valence-corrected chi connectivity index (χ3v) is 4.24. The number of carbonyl (C=O) groups excluding carboxylic acids is 2. The third kappa shape index (κ3) is 7.31. The summed E-state index contributed by atoms with van der Waals surface area (Å²) in [5.74, 6) is 0.504. The maximum Gasteiger partial charge on any atom is 0.309 e. The number of guanidine groups is 1. The van der Waals surface area contributed by atoms with E-state index in [0.717, 1.165) is 31.9 Å². The average Bonchev–Trinajstić information content (AvgIpc) is 2.69. The van der Waals surface area contributed by atoms with E-state index in [9.17, 15) is 9.59 Å². The Labute approximate surface area is 177 Å². The molecule has 1 aromatic heterocycles. The predicted octanol–water partition coefficient (Wildman–Crippen LogP) is 1.28. The Morgan fingerprint density at radius 1 is 1.30 bits per heavy atom. The second-order valence-corrected chi connectivity index (χ2v) is 5.98. The molecular formula is C18H28IN5O3. The zero-order valence-corrected chi connectivity index (χ0v) is 18.1. The minimum Gasteiger partial charge on any atom is -0.466 e. The molecule has 0 aromatic carbocycles. The molecule has 8 nitrogen and oxygen atoms in total. The number of esters is 1. The highest BCUT2D eigenvalue weighted by molar-refractivity contribution is 14.0. The van der Waals surface area contributed by atoms with E-state index >= 15 is 0 Å². The molecule has 1 amide bonds. The Hall–Kier alpha value is -1.91. The van der Waals surface area contributed by atoms with Gasteiger partial charge in [-0.05, 0) is 31.9 Å². The summed E-state index contributed by atoms with van der Waals surface area (Å²) >= 11 is 0. The lowest BCUT2D eigenvalue weighted by Crippen LogP contribution is -2.48. The first-order valence-electron chi connectivity index (χ1n) is 8.96. The highest BCUT2D eigenvalue weighted by Crippen LogP contribution is 2.18. The van der Waals surface area contributed by atoms with Crippen molar-refractivity contribution >= 4 is 41.8 Å². The number of aromatic nitrogens is 1. The lowest BCUT2D eigenvalue weighted by atomic mass is 9.97. The molecule has 27 heavy (non-hydrogen) atoms. The molecule has 9 heteroatoms. The van der Waals surface area contributed by atoms with Crippen molar-refractivity contribution in [2.75, 3.05) is 39.8 Å². The van der Waals surface area contributed by atoms with E-state index < -0.39 is 0 Å². The number of rotatable bonds is 6. The van der Waals surface area contributed by atoms with E-state index in [-0.39, 0.29) is 41.8 Å². The number of nitrogens with one attached hydrogen (secondary N) is 2. The normalized spacial score (nSPS) is 14.9. The first-order chi connectivity index (χ1) is 12.7. The van der Waals surface area contributed by atoms with Gasteiger partial charge in [-0.3, -0.25) is 19.6 Å². The number of aliphatic imine (C=N–C) groups is 1. The maximum absolute atomic E-state index is 12.0. The number of likely N-dealkylation sites (tertiary alicyclic amines) is 1. The Morgan fingerprint density at radius 2 is 2.00 bits per heavy atom. The summed E-state index contributed by atoms with van der Waals surface area (Å²) in [4.78, 5) is 34.1. The van der Waals surface area contributed by atoms with Crippen molar-refractivity contribution in [3.05, 3.63) is 30.1 Å². The third-order valence-electron chi connectivity index (χ3n) is 4.24. The first kappa shape index (κ1) is 23.1. The van der Waals surface area contributed by atoms with Gasteiger partial charge < -0.3 is 20.3 Å². The van der Waals surface area contributed by atoms with Gasteiger partial charge in [-0.15, -0.1) is 24.0 Å². The number of amides is 1. The molecular weight excluding hydrogens is 461 g/mol. The van der Waals surface area contributed by atoms with Crippen molar-refractivity contribution in [2.45, 2.75) is 19.8 Å². The molecule has 0 aliphatic carbocycles. The van der Waals surface area contributed by atoms with Gasteiger partial charge in [0.25, 0.3) is 5.91 Å². The SMILES string of the molecule is CCOC(=O)C1CCN(C(=NC)NCCNC(=O)c2cccnc2)CC1.I. The fraction of sp³-hybridized carbons (Fsp3) is 0.556. The van der Waals surface area contributed by atoms with Crippen molar-refractivity contribution in [1.82, 2.24) is 20.5 Å². The van der Waals surface area contributed by atoms with Crippen LogP contribution in [0.25, 0.3) is 0 Å². The molecule has 1 aromatic rings. The zero-order valence-electron chi connectivity index (χ0n) is 15.8. The van der Waals surface area contributed by atoms with E-state index in [1.807, 2.05) is 6.92 Å². The van der Waals surface area contributed by atoms with Crippen LogP contribution in [0.2, 0.25) is 0 Å². The summed E-state index contributed by atoms with van der Waals surface area (Å²) < 4.78 is 5.09. The van der Waals surface area contributed by atoms with E-state index in [1.54, 1.807) is 25.4 Å². The summed E-state index contributed by atoms with van der Waals surface area (Å²) in [5, 5.41) is 6.09. The van der Waals surface area contributed by atoms with Crippen LogP contribution in [0.3, 0.4) is 0 Å². The highest BCUT2D eigenvalue weighted by atomic mass is 127. The Balaban J connectivity index is 0.00000364. The fourth-order valence-electron chi connectivity index (χ4n) is 2.87. The van der Waals surface area contributed by atoms with Crippen molar-refractivity contribution in [2.24, 2.45) is 10.9 Å². The van der Waals surface area contributed by atoms with E-state index in [0.29, 0.717) is 25.3 Å². The molecule has 150 valence electrons. The van der Waals surface area contributed by atoms with Gasteiger partial charge in [0.2, 0.25) is 0 Å². The van der Waals surface area contributed by atoms with Crippen LogP contribution in [-0.2, 0) is 9.53 Å². The van der Waals surface area contributed by atoms with Gasteiger partial charge in [-0.2, -0.15) is 0 Å². The number of ether oxygens (including phenoxy) is 1. The molecule has 0 unspecified atom stereocenters. The van der Waals surface area contributed by atoms with Crippen LogP contribution in [0.4, 0.5) is 0 Å². The molecule has 2 rings (SSSR count). The van der Waals surface area contributed by atoms with Gasteiger partial charge in [-0.25, -0.2) is 0 Å². The van der Waals surface area contributed by atoms with Gasteiger partial charge >= 0.3 is 5.97 Å². The average molecular weight is 489 g/mol. The van der Waals surface area contributed by atoms with Crippen LogP contribution in [0.1, 0.15) is 30.1 Å². The fourth-order valence-corrected chi connectivity index (χ4v) is 2.87. The summed E-state index contributed by atoms with van der Waals surface area (Å²) in [7, 11) is 1.73. The van der Waals surface area contributed by atoms with Gasteiger partial charge in [0.1, 0.15) is 0 Å². The van der Waals surface area contributed by atoms with E-state index in [4.69, 9.17) is 4.74 Å². The maximum atomic E-state index is 12.0. The molecule has 1 aliphatic heterocycles. The smallest absolute Gasteiger partial charge is 0.309 e. The second kappa shape index (κ2) is 12.5. The lowest BCUT2D eigenvalue weighted by Gasteiger charge is -2.33. The van der Waals surface area contributed by atoms with Crippen LogP contribution < -0.4 is 10.6 Å². The second-order valence-electron chi connectivity index (χ2n) is 5.98. The van der Waals surface area contributed by atoms with Crippen LogP contribution in [0.15, 0.2) is 29.5 Å². The van der Waals surface area contributed by atoms with Crippen LogP contribution in [0.5, 0.6) is 0 Å². The highest BCUT2D eigenvalue weighted by Gasteiger charge is 2.27. The monoisotopic (exact) mass is 489 g/mol. The molecule has 0 saturated carbocycles. The molecule has 0 atom stereocenters. The molecule has 0 spiro atoms. The number of hydrogen-bond acceptors (Lipinski definition) is 5. The Bertz CT molecular complexity index is 619. The van der Waals surface area contributed by atoms with Crippen molar-refractivity contribution in [1.29, 1.82) is 0 Å². The van der Waals surface area contributed by atoms with Crippen molar-refractivity contribution in [3.63, 3.8) is 0 Å². The Morgan fingerprint density at radius 3 is 2.59 bits per heavy atom. The minimum atomic E-state index is -0.148. The van der Waals surface area contributed by atoms with E-state index in [2.05, 4.69) is 25.5 Å². The van der Waals surface area contributed by atoms with Crippen LogP contribution in [0, 0.1) is 5.92 Å².